The summed E-state index contributed by atoms with van der Waals surface area (Å²) in [6.07, 6.45) is 4.27. The first-order valence-corrected chi connectivity index (χ1v) is 12.5. The van der Waals surface area contributed by atoms with Gasteiger partial charge in [-0.15, -0.1) is 0 Å². The molecule has 1 aliphatic rings. The van der Waals surface area contributed by atoms with Crippen molar-refractivity contribution in [1.29, 1.82) is 0 Å². The summed E-state index contributed by atoms with van der Waals surface area (Å²) in [4.78, 5) is 48.3. The van der Waals surface area contributed by atoms with Crippen molar-refractivity contribution >= 4 is 23.5 Å². The molecule has 0 saturated carbocycles. The number of amides is 1. The van der Waals surface area contributed by atoms with Gasteiger partial charge in [0.2, 0.25) is 0 Å². The average molecular weight is 552 g/mol. The van der Waals surface area contributed by atoms with E-state index < -0.39 is 16.9 Å². The average Bonchev–Trinajstić information content (AvgIpc) is 3.44. The quantitative estimate of drug-likeness (QED) is 0.190. The number of nitrogens with zero attached hydrogens (tertiary/aromatic N) is 4. The van der Waals surface area contributed by atoms with Gasteiger partial charge in [0.05, 0.1) is 4.92 Å². The maximum atomic E-state index is 12.3. The van der Waals surface area contributed by atoms with Gasteiger partial charge in [0.25, 0.3) is 23.3 Å². The smallest absolute Gasteiger partial charge is 0.328 e. The van der Waals surface area contributed by atoms with Gasteiger partial charge in [-0.1, -0.05) is 35.5 Å². The van der Waals surface area contributed by atoms with Crippen LogP contribution in [0.4, 0.5) is 5.69 Å². The highest BCUT2D eigenvalue weighted by Gasteiger charge is 2.20. The molecule has 3 aromatic rings. The van der Waals surface area contributed by atoms with Crippen LogP contribution < -0.4 is 5.32 Å². The number of likely N-dealkylation sites (tertiary alicyclic amines) is 1. The van der Waals surface area contributed by atoms with Gasteiger partial charge in [0.15, 0.2) is 0 Å². The Morgan fingerprint density at radius 3 is 2.23 bits per heavy atom. The number of nitrogens with one attached hydrogen (secondary N) is 1. The minimum Gasteiger partial charge on any atom is -0.478 e. The Morgan fingerprint density at radius 2 is 1.65 bits per heavy atom. The number of benzene rings is 2. The number of aliphatic carboxylic acids is 2. The van der Waals surface area contributed by atoms with Gasteiger partial charge in [-0.05, 0) is 56.0 Å². The van der Waals surface area contributed by atoms with Crippen LogP contribution in [0.1, 0.15) is 35.4 Å². The topological polar surface area (TPSA) is 189 Å². The molecule has 0 unspecified atom stereocenters. The first-order chi connectivity index (χ1) is 19.2. The van der Waals surface area contributed by atoms with Crippen molar-refractivity contribution in [2.24, 2.45) is 5.92 Å². The summed E-state index contributed by atoms with van der Waals surface area (Å²) in [5, 5.41) is 33.0. The highest BCUT2D eigenvalue weighted by atomic mass is 16.6. The van der Waals surface area contributed by atoms with Crippen molar-refractivity contribution < 1.29 is 34.0 Å². The number of carbonyl (C=O) groups is 3. The van der Waals surface area contributed by atoms with E-state index in [0.717, 1.165) is 38.9 Å². The van der Waals surface area contributed by atoms with Crippen LogP contribution in [0.5, 0.6) is 0 Å². The van der Waals surface area contributed by atoms with Crippen molar-refractivity contribution in [3.63, 3.8) is 0 Å². The Kier molecular flexibility index (Phi) is 11.0. The summed E-state index contributed by atoms with van der Waals surface area (Å²) in [6, 6.07) is 16.2. The molecule has 3 N–H and O–H groups in total. The van der Waals surface area contributed by atoms with Crippen LogP contribution >= 0.6 is 0 Å². The molecular formula is C27H29N5O8. The standard InChI is InChI=1S/C23H25N5O4.C4H4O4/c29-22(21-25-23(32-26-21)19-6-8-20(9-7-19)28(30)31)24-13-10-17-11-14-27(15-12-17)16-18-4-2-1-3-5-18;5-3(6)1-2-4(7)8/h1-9,17H,10-16H2,(H,24,29);1-2H,(H,5,6)(H,7,8). The normalized spacial score (nSPS) is 13.8. The predicted molar refractivity (Wildman–Crippen MR) is 142 cm³/mol. The Hall–Kier alpha value is -4.91. The lowest BCUT2D eigenvalue weighted by Crippen LogP contribution is -2.35. The Morgan fingerprint density at radius 1 is 1.02 bits per heavy atom. The molecule has 0 atom stereocenters. The van der Waals surface area contributed by atoms with Crippen molar-refractivity contribution in [3.8, 4) is 11.5 Å². The fourth-order valence-electron chi connectivity index (χ4n) is 4.04. The molecule has 2 aromatic carbocycles. The number of carbonyl (C=O) groups excluding carboxylic acids is 1. The van der Waals surface area contributed by atoms with E-state index in [1.165, 1.54) is 29.8 Å². The summed E-state index contributed by atoms with van der Waals surface area (Å²) >= 11 is 0. The molecule has 1 aliphatic heterocycles. The number of hydrogen-bond acceptors (Lipinski definition) is 9. The number of rotatable bonds is 10. The fourth-order valence-corrected chi connectivity index (χ4v) is 4.04. The van der Waals surface area contributed by atoms with Gasteiger partial charge in [0.1, 0.15) is 0 Å². The van der Waals surface area contributed by atoms with E-state index in [0.29, 0.717) is 30.2 Å². The Bertz CT molecular complexity index is 1300. The van der Waals surface area contributed by atoms with Crippen LogP contribution in [0, 0.1) is 16.0 Å². The summed E-state index contributed by atoms with van der Waals surface area (Å²) in [5.41, 5.74) is 1.83. The molecule has 0 radical (unpaired) electrons. The highest BCUT2D eigenvalue weighted by molar-refractivity contribution is 5.90. The number of non-ortho nitro benzene ring substituents is 1. The van der Waals surface area contributed by atoms with Gasteiger partial charge >= 0.3 is 11.9 Å². The van der Waals surface area contributed by atoms with Crippen molar-refractivity contribution in [3.05, 3.63) is 88.3 Å². The number of nitro benzene ring substituents is 1. The molecule has 40 heavy (non-hydrogen) atoms. The van der Waals surface area contributed by atoms with Gasteiger partial charge in [-0.2, -0.15) is 4.98 Å². The molecule has 13 nitrogen and oxygen atoms in total. The van der Waals surface area contributed by atoms with E-state index >= 15 is 0 Å². The number of nitro groups is 1. The lowest BCUT2D eigenvalue weighted by molar-refractivity contribution is -0.384. The van der Waals surface area contributed by atoms with E-state index in [1.807, 2.05) is 6.07 Å². The number of aromatic nitrogens is 2. The predicted octanol–water partition coefficient (Wildman–Crippen LogP) is 3.39. The van der Waals surface area contributed by atoms with E-state index in [4.69, 9.17) is 14.7 Å². The molecule has 0 spiro atoms. The SMILES string of the molecule is O=C(NCCC1CCN(Cc2ccccc2)CC1)c1noc(-c2ccc([N+](=O)[O-])cc2)n1.O=C(O)C=CC(=O)O. The zero-order valence-electron chi connectivity index (χ0n) is 21.5. The summed E-state index contributed by atoms with van der Waals surface area (Å²) in [5.74, 6) is -2.21. The molecule has 1 saturated heterocycles. The maximum absolute atomic E-state index is 12.3. The molecule has 13 heteroatoms. The lowest BCUT2D eigenvalue weighted by Gasteiger charge is -2.32. The van der Waals surface area contributed by atoms with Gasteiger partial charge in [0, 0.05) is 42.9 Å². The summed E-state index contributed by atoms with van der Waals surface area (Å²) in [6.45, 7) is 3.68. The van der Waals surface area contributed by atoms with Crippen molar-refractivity contribution in [2.45, 2.75) is 25.8 Å². The van der Waals surface area contributed by atoms with Gasteiger partial charge in [-0.3, -0.25) is 19.8 Å². The van der Waals surface area contributed by atoms with Gasteiger partial charge in [-0.25, -0.2) is 9.59 Å². The molecule has 4 rings (SSSR count). The Labute approximate surface area is 229 Å². The molecule has 0 aliphatic carbocycles. The van der Waals surface area contributed by atoms with Crippen LogP contribution in [0.3, 0.4) is 0 Å². The van der Waals surface area contributed by atoms with Crippen LogP contribution in [0.25, 0.3) is 11.5 Å². The molecular weight excluding hydrogens is 522 g/mol. The summed E-state index contributed by atoms with van der Waals surface area (Å²) < 4.78 is 5.13. The molecule has 1 amide bonds. The Balaban J connectivity index is 0.000000482. The lowest BCUT2D eigenvalue weighted by atomic mass is 9.93. The third kappa shape index (κ3) is 9.76. The van der Waals surface area contributed by atoms with Crippen molar-refractivity contribution in [2.75, 3.05) is 19.6 Å². The van der Waals surface area contributed by atoms with Gasteiger partial charge < -0.3 is 20.1 Å². The molecule has 1 aromatic heterocycles. The van der Waals surface area contributed by atoms with Crippen molar-refractivity contribution in [1.82, 2.24) is 20.4 Å². The largest absolute Gasteiger partial charge is 0.478 e. The van der Waals surface area contributed by atoms with Crippen LogP contribution in [-0.4, -0.2) is 67.7 Å². The first kappa shape index (κ1) is 29.6. The fraction of sp³-hybridized carbons (Fsp3) is 0.296. The number of carboxylic acids is 2. The molecule has 210 valence electrons. The minimum atomic E-state index is -1.26. The second-order valence-electron chi connectivity index (χ2n) is 8.99. The zero-order chi connectivity index (χ0) is 28.9. The van der Waals surface area contributed by atoms with E-state index in [2.05, 4.69) is 44.6 Å². The second-order valence-corrected chi connectivity index (χ2v) is 8.99. The number of hydrogen-bond donors (Lipinski definition) is 3. The van der Waals surface area contributed by atoms with E-state index in [-0.39, 0.29) is 23.3 Å². The second kappa shape index (κ2) is 14.9. The van der Waals surface area contributed by atoms with Crippen LogP contribution in [-0.2, 0) is 16.1 Å². The highest BCUT2D eigenvalue weighted by Crippen LogP contribution is 2.22. The molecule has 1 fully saturated rings. The van der Waals surface area contributed by atoms with Crippen LogP contribution in [0.15, 0.2) is 71.3 Å². The van der Waals surface area contributed by atoms with E-state index in [9.17, 15) is 24.5 Å². The maximum Gasteiger partial charge on any atom is 0.328 e. The molecule has 2 heterocycles. The van der Waals surface area contributed by atoms with Crippen LogP contribution in [0.2, 0.25) is 0 Å². The minimum absolute atomic E-state index is 0.0304. The first-order valence-electron chi connectivity index (χ1n) is 12.5. The number of carboxylic acid groups (broad SMARTS) is 2. The third-order valence-electron chi connectivity index (χ3n) is 6.12. The summed E-state index contributed by atoms with van der Waals surface area (Å²) in [7, 11) is 0. The third-order valence-corrected chi connectivity index (χ3v) is 6.12. The zero-order valence-corrected chi connectivity index (χ0v) is 21.5. The van der Waals surface area contributed by atoms with E-state index in [1.54, 1.807) is 0 Å². The molecule has 0 bridgehead atoms. The monoisotopic (exact) mass is 551 g/mol. The number of piperidine rings is 1.